The highest BCUT2D eigenvalue weighted by atomic mass is 35.5. The molecule has 0 amide bonds. The highest BCUT2D eigenvalue weighted by Crippen LogP contribution is 2.29. The predicted molar refractivity (Wildman–Crippen MR) is 81.5 cm³/mol. The molecule has 3 rings (SSSR count). The number of aromatic nitrogens is 1. The molecule has 4 heteroatoms. The van der Waals surface area contributed by atoms with Crippen molar-refractivity contribution < 1.29 is 0 Å². The molecule has 0 unspecified atom stereocenters. The Kier molecular flexibility index (Phi) is 3.28. The van der Waals surface area contributed by atoms with Crippen LogP contribution >= 0.6 is 23.2 Å². The second-order valence-corrected chi connectivity index (χ2v) is 4.97. The van der Waals surface area contributed by atoms with Gasteiger partial charge in [0.1, 0.15) is 0 Å². The van der Waals surface area contributed by atoms with Gasteiger partial charge in [0.25, 0.3) is 0 Å². The Morgan fingerprint density at radius 2 is 1.68 bits per heavy atom. The van der Waals surface area contributed by atoms with Crippen LogP contribution in [0.4, 0.5) is 11.4 Å². The number of anilines is 2. The maximum atomic E-state index is 6.15. The number of hydrogen-bond acceptors (Lipinski definition) is 2. The third-order valence-electron chi connectivity index (χ3n) is 2.85. The van der Waals surface area contributed by atoms with E-state index in [1.54, 1.807) is 6.20 Å². The molecule has 0 saturated heterocycles. The van der Waals surface area contributed by atoms with Crippen molar-refractivity contribution in [2.24, 2.45) is 0 Å². The molecule has 1 N–H and O–H groups in total. The molecule has 94 valence electrons. The number of benzene rings is 2. The molecule has 0 saturated carbocycles. The second-order valence-electron chi connectivity index (χ2n) is 4.13. The lowest BCUT2D eigenvalue weighted by molar-refractivity contribution is 1.40. The van der Waals surface area contributed by atoms with E-state index in [-0.39, 0.29) is 0 Å². The van der Waals surface area contributed by atoms with Crippen LogP contribution in [0, 0.1) is 0 Å². The molecule has 2 nitrogen and oxygen atoms in total. The topological polar surface area (TPSA) is 24.9 Å². The van der Waals surface area contributed by atoms with Crippen molar-refractivity contribution in [3.63, 3.8) is 0 Å². The number of nitrogens with zero attached hydrogens (tertiary/aromatic N) is 1. The maximum absolute atomic E-state index is 6.15. The van der Waals surface area contributed by atoms with Gasteiger partial charge in [0, 0.05) is 28.0 Å². The van der Waals surface area contributed by atoms with Gasteiger partial charge in [0.2, 0.25) is 0 Å². The third kappa shape index (κ3) is 2.50. The molecule has 3 aromatic rings. The smallest absolute Gasteiger partial charge is 0.0908 e. The molecular formula is C15H10Cl2N2. The molecule has 0 aliphatic rings. The van der Waals surface area contributed by atoms with Gasteiger partial charge in [-0.05, 0) is 36.4 Å². The molecule has 1 heterocycles. The predicted octanol–water partition coefficient (Wildman–Crippen LogP) is 5.29. The van der Waals surface area contributed by atoms with Gasteiger partial charge in [-0.2, -0.15) is 0 Å². The van der Waals surface area contributed by atoms with Gasteiger partial charge in [-0.15, -0.1) is 0 Å². The van der Waals surface area contributed by atoms with E-state index >= 15 is 0 Å². The number of pyridine rings is 1. The number of para-hydroxylation sites is 1. The highest BCUT2D eigenvalue weighted by Gasteiger charge is 2.05. The molecule has 1 aromatic heterocycles. The van der Waals surface area contributed by atoms with E-state index in [1.807, 2.05) is 48.5 Å². The molecule has 0 aliphatic carbocycles. The van der Waals surface area contributed by atoms with Crippen LogP contribution in [0.2, 0.25) is 10.0 Å². The van der Waals surface area contributed by atoms with Crippen LogP contribution in [-0.2, 0) is 0 Å². The molecule has 0 fully saturated rings. The molecule has 19 heavy (non-hydrogen) atoms. The summed E-state index contributed by atoms with van der Waals surface area (Å²) in [5, 5.41) is 5.70. The van der Waals surface area contributed by atoms with Crippen LogP contribution in [0.15, 0.2) is 54.7 Å². The SMILES string of the molecule is Clc1ccc(Nc2ccnc3c(Cl)cccc23)cc1. The lowest BCUT2D eigenvalue weighted by Crippen LogP contribution is -1.92. The van der Waals surface area contributed by atoms with Crippen LogP contribution in [-0.4, -0.2) is 4.98 Å². The van der Waals surface area contributed by atoms with Crippen LogP contribution in [0.3, 0.4) is 0 Å². The van der Waals surface area contributed by atoms with Crippen molar-refractivity contribution in [3.8, 4) is 0 Å². The first-order chi connectivity index (χ1) is 9.24. The summed E-state index contributed by atoms with van der Waals surface area (Å²) < 4.78 is 0. The van der Waals surface area contributed by atoms with Gasteiger partial charge in [-0.1, -0.05) is 35.3 Å². The lowest BCUT2D eigenvalue weighted by Gasteiger charge is -2.10. The van der Waals surface area contributed by atoms with E-state index in [4.69, 9.17) is 23.2 Å². The zero-order valence-electron chi connectivity index (χ0n) is 9.90. The molecule has 2 aromatic carbocycles. The van der Waals surface area contributed by atoms with Crippen LogP contribution in [0.5, 0.6) is 0 Å². The van der Waals surface area contributed by atoms with Gasteiger partial charge < -0.3 is 5.32 Å². The zero-order chi connectivity index (χ0) is 13.2. The Balaban J connectivity index is 2.06. The Hall–Kier alpha value is -1.77. The number of hydrogen-bond donors (Lipinski definition) is 1. The van der Waals surface area contributed by atoms with Crippen LogP contribution in [0.25, 0.3) is 10.9 Å². The van der Waals surface area contributed by atoms with Crippen molar-refractivity contribution in [3.05, 3.63) is 64.8 Å². The third-order valence-corrected chi connectivity index (χ3v) is 3.40. The molecular weight excluding hydrogens is 279 g/mol. The Morgan fingerprint density at radius 1 is 0.895 bits per heavy atom. The minimum atomic E-state index is 0.650. The maximum Gasteiger partial charge on any atom is 0.0908 e. The fourth-order valence-electron chi connectivity index (χ4n) is 1.94. The summed E-state index contributed by atoms with van der Waals surface area (Å²) in [6.07, 6.45) is 1.74. The summed E-state index contributed by atoms with van der Waals surface area (Å²) in [7, 11) is 0. The van der Waals surface area contributed by atoms with Crippen molar-refractivity contribution in [2.75, 3.05) is 5.32 Å². The average molecular weight is 289 g/mol. The number of halogens is 2. The van der Waals surface area contributed by atoms with Gasteiger partial charge in [0.05, 0.1) is 10.5 Å². The fraction of sp³-hybridized carbons (Fsp3) is 0. The largest absolute Gasteiger partial charge is 0.355 e. The minimum absolute atomic E-state index is 0.650. The second kappa shape index (κ2) is 5.08. The van der Waals surface area contributed by atoms with E-state index in [1.165, 1.54) is 0 Å². The number of rotatable bonds is 2. The van der Waals surface area contributed by atoms with E-state index in [0.29, 0.717) is 10.0 Å². The summed E-state index contributed by atoms with van der Waals surface area (Å²) in [5.41, 5.74) is 2.73. The summed E-state index contributed by atoms with van der Waals surface area (Å²) in [5.74, 6) is 0. The monoisotopic (exact) mass is 288 g/mol. The van der Waals surface area contributed by atoms with Crippen molar-refractivity contribution in [2.45, 2.75) is 0 Å². The number of nitrogens with one attached hydrogen (secondary N) is 1. The first-order valence-electron chi connectivity index (χ1n) is 5.80. The summed E-state index contributed by atoms with van der Waals surface area (Å²) in [4.78, 5) is 4.30. The van der Waals surface area contributed by atoms with E-state index in [2.05, 4.69) is 10.3 Å². The van der Waals surface area contributed by atoms with E-state index < -0.39 is 0 Å². The first kappa shape index (κ1) is 12.3. The van der Waals surface area contributed by atoms with Crippen LogP contribution in [0.1, 0.15) is 0 Å². The first-order valence-corrected chi connectivity index (χ1v) is 6.55. The summed E-state index contributed by atoms with van der Waals surface area (Å²) in [6.45, 7) is 0. The van der Waals surface area contributed by atoms with Crippen molar-refractivity contribution in [1.82, 2.24) is 4.98 Å². The van der Waals surface area contributed by atoms with Crippen molar-refractivity contribution >= 4 is 45.5 Å². The van der Waals surface area contributed by atoms with Gasteiger partial charge in [-0.25, -0.2) is 0 Å². The Labute approximate surface area is 121 Å². The standard InChI is InChI=1S/C15H10Cl2N2/c16-10-4-6-11(7-5-10)19-14-8-9-18-15-12(14)2-1-3-13(15)17/h1-9H,(H,18,19). The van der Waals surface area contributed by atoms with Gasteiger partial charge >= 0.3 is 0 Å². The molecule has 0 bridgehead atoms. The van der Waals surface area contributed by atoms with E-state index in [9.17, 15) is 0 Å². The Morgan fingerprint density at radius 3 is 2.47 bits per heavy atom. The zero-order valence-corrected chi connectivity index (χ0v) is 11.4. The van der Waals surface area contributed by atoms with Crippen LogP contribution < -0.4 is 5.32 Å². The number of fused-ring (bicyclic) bond motifs is 1. The fourth-order valence-corrected chi connectivity index (χ4v) is 2.29. The minimum Gasteiger partial charge on any atom is -0.355 e. The van der Waals surface area contributed by atoms with Crippen molar-refractivity contribution in [1.29, 1.82) is 0 Å². The average Bonchev–Trinajstić information content (AvgIpc) is 2.43. The highest BCUT2D eigenvalue weighted by molar-refractivity contribution is 6.35. The summed E-state index contributed by atoms with van der Waals surface area (Å²) >= 11 is 12.0. The molecule has 0 atom stereocenters. The molecule has 0 spiro atoms. The van der Waals surface area contributed by atoms with Gasteiger partial charge in [-0.3, -0.25) is 4.98 Å². The van der Waals surface area contributed by atoms with Gasteiger partial charge in [0.15, 0.2) is 0 Å². The quantitative estimate of drug-likeness (QED) is 0.693. The lowest BCUT2D eigenvalue weighted by atomic mass is 10.2. The molecule has 0 aliphatic heterocycles. The normalized spacial score (nSPS) is 10.6. The van der Waals surface area contributed by atoms with E-state index in [0.717, 1.165) is 22.3 Å². The molecule has 0 radical (unpaired) electrons. The summed E-state index contributed by atoms with van der Waals surface area (Å²) in [6, 6.07) is 15.2. The Bertz CT molecular complexity index is 724.